The van der Waals surface area contributed by atoms with Gasteiger partial charge in [-0.25, -0.2) is 0 Å². The minimum Gasteiger partial charge on any atom is -0.493 e. The molecule has 1 unspecified atom stereocenters. The Morgan fingerprint density at radius 1 is 1.24 bits per heavy atom. The van der Waals surface area contributed by atoms with E-state index in [-0.39, 0.29) is 0 Å². The number of fused-ring (bicyclic) bond motifs is 1. The van der Waals surface area contributed by atoms with Gasteiger partial charge < -0.3 is 20.1 Å². The minimum absolute atomic E-state index is 0.433. The van der Waals surface area contributed by atoms with E-state index in [9.17, 15) is 0 Å². The van der Waals surface area contributed by atoms with Crippen LogP contribution in [0.4, 0.5) is 0 Å². The first-order valence-electron chi connectivity index (χ1n) is 9.68. The number of aliphatic imine (C=N–C) groups is 1. The molecular formula is C20H31N3O2. The van der Waals surface area contributed by atoms with E-state index in [0.29, 0.717) is 5.92 Å². The zero-order valence-corrected chi connectivity index (χ0v) is 15.3. The van der Waals surface area contributed by atoms with Gasteiger partial charge in [0.25, 0.3) is 0 Å². The maximum Gasteiger partial charge on any atom is 0.191 e. The SMILES string of the molecule is CCNC(=NCC1CCOc2ccccc21)NCCCOCC1CC1. The highest BCUT2D eigenvalue weighted by atomic mass is 16.5. The Morgan fingerprint density at radius 3 is 2.96 bits per heavy atom. The summed E-state index contributed by atoms with van der Waals surface area (Å²) in [5, 5.41) is 6.75. The molecule has 0 amide bonds. The first-order chi connectivity index (χ1) is 12.4. The molecule has 1 atom stereocenters. The van der Waals surface area contributed by atoms with Crippen molar-refractivity contribution in [1.82, 2.24) is 10.6 Å². The number of ether oxygens (including phenoxy) is 2. The molecule has 1 aliphatic carbocycles. The lowest BCUT2D eigenvalue weighted by Gasteiger charge is -2.25. The van der Waals surface area contributed by atoms with Gasteiger partial charge in [0.2, 0.25) is 0 Å². The molecule has 2 N–H and O–H groups in total. The summed E-state index contributed by atoms with van der Waals surface area (Å²) in [4.78, 5) is 4.79. The Balaban J connectivity index is 1.43. The number of nitrogens with one attached hydrogen (secondary N) is 2. The lowest BCUT2D eigenvalue weighted by molar-refractivity contribution is 0.123. The van der Waals surface area contributed by atoms with Crippen molar-refractivity contribution in [3.8, 4) is 5.75 Å². The van der Waals surface area contributed by atoms with Gasteiger partial charge in [-0.3, -0.25) is 4.99 Å². The van der Waals surface area contributed by atoms with Gasteiger partial charge in [0.1, 0.15) is 5.75 Å². The summed E-state index contributed by atoms with van der Waals surface area (Å²) in [6.07, 6.45) is 4.74. The van der Waals surface area contributed by atoms with Crippen LogP contribution in [-0.4, -0.2) is 45.4 Å². The summed E-state index contributed by atoms with van der Waals surface area (Å²) in [6, 6.07) is 8.32. The third-order valence-corrected chi connectivity index (χ3v) is 4.71. The second kappa shape index (κ2) is 9.66. The Morgan fingerprint density at radius 2 is 2.12 bits per heavy atom. The van der Waals surface area contributed by atoms with Gasteiger partial charge in [0.05, 0.1) is 6.61 Å². The second-order valence-corrected chi connectivity index (χ2v) is 6.89. The fraction of sp³-hybridized carbons (Fsp3) is 0.650. The zero-order valence-electron chi connectivity index (χ0n) is 15.3. The first-order valence-corrected chi connectivity index (χ1v) is 9.68. The standard InChI is InChI=1S/C20H31N3O2/c1-2-21-20(22-11-5-12-24-15-16-8-9-16)23-14-17-10-13-25-19-7-4-3-6-18(17)19/h3-4,6-7,16-17H,2,5,8-15H2,1H3,(H2,21,22,23). The Kier molecular flexibility index (Phi) is 6.98. The molecule has 0 saturated heterocycles. The van der Waals surface area contributed by atoms with E-state index in [1.165, 1.54) is 18.4 Å². The van der Waals surface area contributed by atoms with Crippen LogP contribution in [0, 0.1) is 5.92 Å². The molecule has 25 heavy (non-hydrogen) atoms. The van der Waals surface area contributed by atoms with E-state index in [0.717, 1.165) is 69.9 Å². The lowest BCUT2D eigenvalue weighted by atomic mass is 9.93. The van der Waals surface area contributed by atoms with Crippen molar-refractivity contribution in [2.24, 2.45) is 10.9 Å². The maximum absolute atomic E-state index is 5.74. The van der Waals surface area contributed by atoms with Crippen LogP contribution in [0.1, 0.15) is 44.1 Å². The lowest BCUT2D eigenvalue weighted by Crippen LogP contribution is -2.38. The van der Waals surface area contributed by atoms with Gasteiger partial charge in [0, 0.05) is 38.8 Å². The first kappa shape index (κ1) is 18.1. The summed E-state index contributed by atoms with van der Waals surface area (Å²) in [7, 11) is 0. The highest BCUT2D eigenvalue weighted by Crippen LogP contribution is 2.33. The molecule has 5 heteroatoms. The Labute approximate surface area is 151 Å². The molecule has 0 aromatic heterocycles. The molecule has 1 aromatic rings. The van der Waals surface area contributed by atoms with Gasteiger partial charge in [0.15, 0.2) is 5.96 Å². The molecule has 0 radical (unpaired) electrons. The number of hydrogen-bond acceptors (Lipinski definition) is 3. The highest BCUT2D eigenvalue weighted by molar-refractivity contribution is 5.79. The molecule has 1 heterocycles. The summed E-state index contributed by atoms with van der Waals surface area (Å²) in [6.45, 7) is 7.19. The van der Waals surface area contributed by atoms with Crippen molar-refractivity contribution in [2.75, 3.05) is 39.5 Å². The monoisotopic (exact) mass is 345 g/mol. The average molecular weight is 345 g/mol. The summed E-state index contributed by atoms with van der Waals surface area (Å²) in [5.74, 6) is 3.19. The number of guanidine groups is 1. The van der Waals surface area contributed by atoms with Crippen LogP contribution < -0.4 is 15.4 Å². The van der Waals surface area contributed by atoms with Gasteiger partial charge >= 0.3 is 0 Å². The van der Waals surface area contributed by atoms with Crippen LogP contribution in [0.3, 0.4) is 0 Å². The van der Waals surface area contributed by atoms with Crippen LogP contribution in [0.15, 0.2) is 29.3 Å². The van der Waals surface area contributed by atoms with E-state index in [4.69, 9.17) is 14.5 Å². The normalized spacial score (nSPS) is 19.9. The summed E-state index contributed by atoms with van der Waals surface area (Å²) < 4.78 is 11.4. The minimum atomic E-state index is 0.433. The van der Waals surface area contributed by atoms with Crippen molar-refractivity contribution < 1.29 is 9.47 Å². The second-order valence-electron chi connectivity index (χ2n) is 6.89. The van der Waals surface area contributed by atoms with E-state index in [2.05, 4.69) is 35.8 Å². The molecule has 0 spiro atoms. The van der Waals surface area contributed by atoms with Crippen molar-refractivity contribution in [3.63, 3.8) is 0 Å². The van der Waals surface area contributed by atoms with Gasteiger partial charge in [-0.1, -0.05) is 18.2 Å². The third-order valence-electron chi connectivity index (χ3n) is 4.71. The largest absolute Gasteiger partial charge is 0.493 e. The molecule has 1 aliphatic heterocycles. The fourth-order valence-corrected chi connectivity index (χ4v) is 3.06. The average Bonchev–Trinajstić information content (AvgIpc) is 3.46. The van der Waals surface area contributed by atoms with Gasteiger partial charge in [-0.05, 0) is 50.2 Å². The molecule has 1 aromatic carbocycles. The van der Waals surface area contributed by atoms with Crippen LogP contribution in [0.5, 0.6) is 5.75 Å². The highest BCUT2D eigenvalue weighted by Gasteiger charge is 2.21. The maximum atomic E-state index is 5.74. The van der Waals surface area contributed by atoms with Crippen LogP contribution >= 0.6 is 0 Å². The van der Waals surface area contributed by atoms with E-state index in [1.807, 2.05) is 6.07 Å². The zero-order chi connectivity index (χ0) is 17.3. The molecule has 1 saturated carbocycles. The van der Waals surface area contributed by atoms with Crippen molar-refractivity contribution in [2.45, 2.75) is 38.5 Å². The summed E-state index contributed by atoms with van der Waals surface area (Å²) in [5.41, 5.74) is 1.28. The molecule has 138 valence electrons. The number of hydrogen-bond donors (Lipinski definition) is 2. The van der Waals surface area contributed by atoms with Crippen LogP contribution in [0.2, 0.25) is 0 Å². The number of nitrogens with zero attached hydrogens (tertiary/aromatic N) is 1. The molecule has 3 rings (SSSR count). The molecule has 0 bridgehead atoms. The Bertz CT molecular complexity index is 558. The number of para-hydroxylation sites is 1. The van der Waals surface area contributed by atoms with Gasteiger partial charge in [-0.2, -0.15) is 0 Å². The molecule has 1 fully saturated rings. The molecule has 5 nitrogen and oxygen atoms in total. The quantitative estimate of drug-likeness (QED) is 0.410. The van der Waals surface area contributed by atoms with Crippen molar-refractivity contribution in [3.05, 3.63) is 29.8 Å². The van der Waals surface area contributed by atoms with Crippen molar-refractivity contribution in [1.29, 1.82) is 0 Å². The van der Waals surface area contributed by atoms with Crippen molar-refractivity contribution >= 4 is 5.96 Å². The molecular weight excluding hydrogens is 314 g/mol. The fourth-order valence-electron chi connectivity index (χ4n) is 3.06. The van der Waals surface area contributed by atoms with Gasteiger partial charge in [-0.15, -0.1) is 0 Å². The topological polar surface area (TPSA) is 54.9 Å². The molecule has 2 aliphatic rings. The third kappa shape index (κ3) is 5.92. The van der Waals surface area contributed by atoms with Crippen LogP contribution in [-0.2, 0) is 4.74 Å². The Hall–Kier alpha value is -1.75. The van der Waals surface area contributed by atoms with E-state index in [1.54, 1.807) is 0 Å². The van der Waals surface area contributed by atoms with E-state index < -0.39 is 0 Å². The summed E-state index contributed by atoms with van der Waals surface area (Å²) >= 11 is 0. The predicted octanol–water partition coefficient (Wildman–Crippen LogP) is 2.92. The predicted molar refractivity (Wildman–Crippen MR) is 101 cm³/mol. The number of benzene rings is 1. The number of rotatable bonds is 9. The van der Waals surface area contributed by atoms with E-state index >= 15 is 0 Å². The smallest absolute Gasteiger partial charge is 0.191 e. The van der Waals surface area contributed by atoms with Crippen LogP contribution in [0.25, 0.3) is 0 Å².